The number of aryl methyl sites for hydroxylation is 1. The SMILES string of the molecule is COc1ccc2c(c1)CC(NCCCCCCO)CC2. The standard InChI is InChI=1S/C17H27NO2/c1-20-17-9-7-14-6-8-16(12-15(14)13-17)18-10-4-2-3-5-11-19/h7,9,13,16,18-19H,2-6,8,10-12H2,1H3. The van der Waals surface area contributed by atoms with Crippen LogP contribution in [0.25, 0.3) is 0 Å². The number of hydrogen-bond donors (Lipinski definition) is 2. The minimum atomic E-state index is 0.328. The molecule has 1 aromatic rings. The van der Waals surface area contributed by atoms with Gasteiger partial charge in [-0.05, 0) is 61.9 Å². The van der Waals surface area contributed by atoms with Crippen molar-refractivity contribution in [2.75, 3.05) is 20.3 Å². The number of benzene rings is 1. The Kier molecular flexibility index (Phi) is 6.34. The number of fused-ring (bicyclic) bond motifs is 1. The number of nitrogens with one attached hydrogen (secondary N) is 1. The molecule has 2 rings (SSSR count). The van der Waals surface area contributed by atoms with Gasteiger partial charge in [-0.25, -0.2) is 0 Å². The quantitative estimate of drug-likeness (QED) is 0.718. The van der Waals surface area contributed by atoms with Crippen LogP contribution in [0, 0.1) is 0 Å². The second kappa shape index (κ2) is 8.28. The molecule has 0 aliphatic heterocycles. The Balaban J connectivity index is 1.73. The Morgan fingerprint density at radius 1 is 1.20 bits per heavy atom. The van der Waals surface area contributed by atoms with Crippen molar-refractivity contribution < 1.29 is 9.84 Å². The summed E-state index contributed by atoms with van der Waals surface area (Å²) < 4.78 is 5.31. The van der Waals surface area contributed by atoms with E-state index in [1.54, 1.807) is 7.11 Å². The van der Waals surface area contributed by atoms with Gasteiger partial charge in [0.1, 0.15) is 5.75 Å². The molecule has 1 aliphatic carbocycles. The van der Waals surface area contributed by atoms with Crippen molar-refractivity contribution in [3.63, 3.8) is 0 Å². The topological polar surface area (TPSA) is 41.5 Å². The molecule has 0 fully saturated rings. The van der Waals surface area contributed by atoms with E-state index in [0.717, 1.165) is 31.6 Å². The summed E-state index contributed by atoms with van der Waals surface area (Å²) in [6.45, 7) is 1.42. The molecule has 2 N–H and O–H groups in total. The fourth-order valence-corrected chi connectivity index (χ4v) is 2.93. The number of unbranched alkanes of at least 4 members (excludes halogenated alkanes) is 3. The monoisotopic (exact) mass is 277 g/mol. The van der Waals surface area contributed by atoms with E-state index in [4.69, 9.17) is 9.84 Å². The first-order chi connectivity index (χ1) is 9.83. The molecule has 0 saturated heterocycles. The number of aliphatic hydroxyl groups is 1. The molecule has 0 aromatic heterocycles. The molecule has 1 atom stereocenters. The molecule has 0 radical (unpaired) electrons. The number of hydrogen-bond acceptors (Lipinski definition) is 3. The Morgan fingerprint density at radius 2 is 2.05 bits per heavy atom. The second-order valence-electron chi connectivity index (χ2n) is 5.67. The number of ether oxygens (including phenoxy) is 1. The van der Waals surface area contributed by atoms with Crippen LogP contribution in [-0.2, 0) is 12.8 Å². The molecule has 0 bridgehead atoms. The van der Waals surface area contributed by atoms with E-state index in [-0.39, 0.29) is 0 Å². The highest BCUT2D eigenvalue weighted by Gasteiger charge is 2.18. The number of aliphatic hydroxyl groups excluding tert-OH is 1. The summed E-state index contributed by atoms with van der Waals surface area (Å²) in [4.78, 5) is 0. The van der Waals surface area contributed by atoms with E-state index in [1.807, 2.05) is 0 Å². The highest BCUT2D eigenvalue weighted by atomic mass is 16.5. The number of methoxy groups -OCH3 is 1. The minimum Gasteiger partial charge on any atom is -0.497 e. The van der Waals surface area contributed by atoms with Crippen LogP contribution in [0.15, 0.2) is 18.2 Å². The molecule has 3 heteroatoms. The molecular formula is C17H27NO2. The third kappa shape index (κ3) is 4.50. The van der Waals surface area contributed by atoms with Crippen LogP contribution in [-0.4, -0.2) is 31.4 Å². The van der Waals surface area contributed by atoms with E-state index in [0.29, 0.717) is 12.6 Å². The van der Waals surface area contributed by atoms with Gasteiger partial charge in [0.25, 0.3) is 0 Å². The minimum absolute atomic E-state index is 0.328. The summed E-state index contributed by atoms with van der Waals surface area (Å²) in [7, 11) is 1.73. The third-order valence-electron chi connectivity index (χ3n) is 4.16. The summed E-state index contributed by atoms with van der Waals surface area (Å²) >= 11 is 0. The van der Waals surface area contributed by atoms with E-state index in [1.165, 1.54) is 36.8 Å². The van der Waals surface area contributed by atoms with Gasteiger partial charge in [0, 0.05) is 12.6 Å². The van der Waals surface area contributed by atoms with Crippen LogP contribution in [0.3, 0.4) is 0 Å². The maximum absolute atomic E-state index is 8.74. The molecule has 0 saturated carbocycles. The first kappa shape index (κ1) is 15.3. The van der Waals surface area contributed by atoms with Crippen molar-refractivity contribution in [1.29, 1.82) is 0 Å². The van der Waals surface area contributed by atoms with Gasteiger partial charge in [0.2, 0.25) is 0 Å². The van der Waals surface area contributed by atoms with Crippen molar-refractivity contribution >= 4 is 0 Å². The van der Waals surface area contributed by atoms with Crippen LogP contribution in [0.2, 0.25) is 0 Å². The van der Waals surface area contributed by atoms with Crippen LogP contribution in [0.4, 0.5) is 0 Å². The van der Waals surface area contributed by atoms with Crippen LogP contribution in [0.5, 0.6) is 5.75 Å². The van der Waals surface area contributed by atoms with Crippen molar-refractivity contribution in [1.82, 2.24) is 5.32 Å². The molecule has 112 valence electrons. The fraction of sp³-hybridized carbons (Fsp3) is 0.647. The smallest absolute Gasteiger partial charge is 0.119 e. The summed E-state index contributed by atoms with van der Waals surface area (Å²) in [5, 5.41) is 12.4. The molecule has 1 aliphatic rings. The lowest BCUT2D eigenvalue weighted by Gasteiger charge is -2.26. The first-order valence-electron chi connectivity index (χ1n) is 7.83. The van der Waals surface area contributed by atoms with E-state index < -0.39 is 0 Å². The maximum Gasteiger partial charge on any atom is 0.119 e. The normalized spacial score (nSPS) is 17.8. The predicted molar refractivity (Wildman–Crippen MR) is 82.4 cm³/mol. The zero-order chi connectivity index (χ0) is 14.2. The van der Waals surface area contributed by atoms with Crippen molar-refractivity contribution in [2.24, 2.45) is 0 Å². The van der Waals surface area contributed by atoms with Gasteiger partial charge in [-0.15, -0.1) is 0 Å². The Labute approximate surface area is 122 Å². The Bertz CT molecular complexity index is 406. The summed E-state index contributed by atoms with van der Waals surface area (Å²) in [6.07, 6.45) is 8.02. The zero-order valence-corrected chi connectivity index (χ0v) is 12.5. The molecular weight excluding hydrogens is 250 g/mol. The van der Waals surface area contributed by atoms with Gasteiger partial charge < -0.3 is 15.2 Å². The molecule has 20 heavy (non-hydrogen) atoms. The molecule has 3 nitrogen and oxygen atoms in total. The average Bonchev–Trinajstić information content (AvgIpc) is 2.50. The Hall–Kier alpha value is -1.06. The average molecular weight is 277 g/mol. The summed E-state index contributed by atoms with van der Waals surface area (Å²) in [5.41, 5.74) is 2.92. The van der Waals surface area contributed by atoms with Gasteiger partial charge in [0.15, 0.2) is 0 Å². The highest BCUT2D eigenvalue weighted by molar-refractivity contribution is 5.37. The van der Waals surface area contributed by atoms with E-state index in [2.05, 4.69) is 23.5 Å². The molecule has 0 spiro atoms. The number of rotatable bonds is 8. The van der Waals surface area contributed by atoms with E-state index in [9.17, 15) is 0 Å². The van der Waals surface area contributed by atoms with E-state index >= 15 is 0 Å². The maximum atomic E-state index is 8.74. The van der Waals surface area contributed by atoms with Crippen molar-refractivity contribution in [2.45, 2.75) is 51.0 Å². The highest BCUT2D eigenvalue weighted by Crippen LogP contribution is 2.25. The van der Waals surface area contributed by atoms with Crippen molar-refractivity contribution in [3.05, 3.63) is 29.3 Å². The fourth-order valence-electron chi connectivity index (χ4n) is 2.93. The summed E-state index contributed by atoms with van der Waals surface area (Å²) in [6, 6.07) is 7.06. The van der Waals surface area contributed by atoms with Crippen molar-refractivity contribution in [3.8, 4) is 5.75 Å². The molecule has 1 aromatic carbocycles. The van der Waals surface area contributed by atoms with Gasteiger partial charge in [0.05, 0.1) is 7.11 Å². The van der Waals surface area contributed by atoms with Gasteiger partial charge in [-0.3, -0.25) is 0 Å². The summed E-state index contributed by atoms with van der Waals surface area (Å²) in [5.74, 6) is 0.966. The van der Waals surface area contributed by atoms with Gasteiger partial charge in [-0.1, -0.05) is 18.9 Å². The van der Waals surface area contributed by atoms with Gasteiger partial charge in [-0.2, -0.15) is 0 Å². The first-order valence-corrected chi connectivity index (χ1v) is 7.83. The third-order valence-corrected chi connectivity index (χ3v) is 4.16. The molecule has 0 amide bonds. The van der Waals surface area contributed by atoms with Crippen LogP contribution in [0.1, 0.15) is 43.2 Å². The Morgan fingerprint density at radius 3 is 2.85 bits per heavy atom. The van der Waals surface area contributed by atoms with Crippen LogP contribution < -0.4 is 10.1 Å². The molecule has 1 unspecified atom stereocenters. The lowest BCUT2D eigenvalue weighted by atomic mass is 9.88. The largest absolute Gasteiger partial charge is 0.497 e. The second-order valence-corrected chi connectivity index (χ2v) is 5.67. The van der Waals surface area contributed by atoms with Crippen LogP contribution >= 0.6 is 0 Å². The lowest BCUT2D eigenvalue weighted by Crippen LogP contribution is -2.35. The molecule has 0 heterocycles. The lowest BCUT2D eigenvalue weighted by molar-refractivity contribution is 0.282. The zero-order valence-electron chi connectivity index (χ0n) is 12.5. The predicted octanol–water partition coefficient (Wildman–Crippen LogP) is 2.69. The van der Waals surface area contributed by atoms with Gasteiger partial charge >= 0.3 is 0 Å².